The van der Waals surface area contributed by atoms with Crippen molar-refractivity contribution in [3.8, 4) is 0 Å². The molecular formula is C26H38. The molecule has 0 atom stereocenters. The predicted octanol–water partition coefficient (Wildman–Crippen LogP) is 8.43. The highest BCUT2D eigenvalue weighted by atomic mass is 14.3. The molecule has 1 fully saturated rings. The van der Waals surface area contributed by atoms with Crippen molar-refractivity contribution in [1.29, 1.82) is 0 Å². The van der Waals surface area contributed by atoms with E-state index >= 15 is 0 Å². The van der Waals surface area contributed by atoms with Crippen LogP contribution in [0.2, 0.25) is 0 Å². The van der Waals surface area contributed by atoms with E-state index in [4.69, 9.17) is 0 Å². The van der Waals surface area contributed by atoms with Gasteiger partial charge in [-0.05, 0) is 65.8 Å². The molecule has 0 saturated heterocycles. The molecule has 0 spiro atoms. The highest BCUT2D eigenvalue weighted by molar-refractivity contribution is 5.84. The van der Waals surface area contributed by atoms with E-state index in [1.807, 2.05) is 0 Å². The minimum atomic E-state index is 0.797. The third-order valence-electron chi connectivity index (χ3n) is 6.62. The van der Waals surface area contributed by atoms with Crippen LogP contribution in [0, 0.1) is 5.92 Å². The summed E-state index contributed by atoms with van der Waals surface area (Å²) >= 11 is 0. The van der Waals surface area contributed by atoms with Gasteiger partial charge in [-0.3, -0.25) is 0 Å². The predicted molar refractivity (Wildman–Crippen MR) is 116 cm³/mol. The van der Waals surface area contributed by atoms with Gasteiger partial charge < -0.3 is 0 Å². The zero-order valence-corrected chi connectivity index (χ0v) is 17.1. The van der Waals surface area contributed by atoms with Gasteiger partial charge in [-0.15, -0.1) is 0 Å². The third kappa shape index (κ3) is 5.35. The van der Waals surface area contributed by atoms with Gasteiger partial charge in [0.2, 0.25) is 0 Å². The Balaban J connectivity index is 1.46. The van der Waals surface area contributed by atoms with Gasteiger partial charge in [-0.1, -0.05) is 95.2 Å². The first-order valence-corrected chi connectivity index (χ1v) is 11.3. The summed E-state index contributed by atoms with van der Waals surface area (Å²) in [6.07, 6.45) is 16.9. The Morgan fingerprint density at radius 3 is 2.19 bits per heavy atom. The Bertz CT molecular complexity index is 661. The maximum absolute atomic E-state index is 2.47. The Morgan fingerprint density at radius 2 is 1.42 bits per heavy atom. The maximum atomic E-state index is 2.47. The van der Waals surface area contributed by atoms with Crippen LogP contribution in [-0.4, -0.2) is 0 Å². The van der Waals surface area contributed by atoms with Crippen molar-refractivity contribution in [1.82, 2.24) is 0 Å². The molecule has 1 aliphatic carbocycles. The Kier molecular flexibility index (Phi) is 7.59. The molecule has 0 bridgehead atoms. The molecule has 0 heterocycles. The molecule has 2 aromatic carbocycles. The molecule has 0 aromatic heterocycles. The van der Waals surface area contributed by atoms with E-state index in [0.29, 0.717) is 0 Å². The van der Waals surface area contributed by atoms with Crippen molar-refractivity contribution in [2.45, 2.75) is 96.8 Å². The number of benzene rings is 2. The normalized spacial score (nSPS) is 20.5. The number of unbranched alkanes of at least 4 members (excludes halogenated alkanes) is 5. The fraction of sp³-hybridized carbons (Fsp3) is 0.615. The maximum Gasteiger partial charge on any atom is -0.0162 e. The van der Waals surface area contributed by atoms with Gasteiger partial charge in [-0.2, -0.15) is 0 Å². The average Bonchev–Trinajstić information content (AvgIpc) is 2.70. The lowest BCUT2D eigenvalue weighted by atomic mass is 9.76. The van der Waals surface area contributed by atoms with Crippen LogP contribution >= 0.6 is 0 Å². The molecule has 26 heavy (non-hydrogen) atoms. The lowest BCUT2D eigenvalue weighted by Crippen LogP contribution is -2.13. The molecule has 3 rings (SSSR count). The van der Waals surface area contributed by atoms with Crippen molar-refractivity contribution >= 4 is 10.8 Å². The highest BCUT2D eigenvalue weighted by Crippen LogP contribution is 2.38. The molecule has 2 aromatic rings. The van der Waals surface area contributed by atoms with Crippen molar-refractivity contribution in [2.24, 2.45) is 5.92 Å². The van der Waals surface area contributed by atoms with E-state index in [9.17, 15) is 0 Å². The zero-order chi connectivity index (χ0) is 18.2. The van der Waals surface area contributed by atoms with Crippen LogP contribution in [0.4, 0.5) is 0 Å². The molecule has 1 saturated carbocycles. The molecule has 1 aliphatic rings. The van der Waals surface area contributed by atoms with Gasteiger partial charge in [0.15, 0.2) is 0 Å². The van der Waals surface area contributed by atoms with Gasteiger partial charge in [0, 0.05) is 0 Å². The van der Waals surface area contributed by atoms with Crippen LogP contribution in [0.15, 0.2) is 36.4 Å². The summed E-state index contributed by atoms with van der Waals surface area (Å²) in [6.45, 7) is 4.54. The summed E-state index contributed by atoms with van der Waals surface area (Å²) in [5.41, 5.74) is 3.03. The zero-order valence-electron chi connectivity index (χ0n) is 17.1. The first kappa shape index (κ1) is 19.5. The van der Waals surface area contributed by atoms with E-state index in [1.54, 1.807) is 5.56 Å². The average molecular weight is 351 g/mol. The number of fused-ring (bicyclic) bond motifs is 1. The third-order valence-corrected chi connectivity index (χ3v) is 6.62. The monoisotopic (exact) mass is 350 g/mol. The summed E-state index contributed by atoms with van der Waals surface area (Å²) in [4.78, 5) is 0. The van der Waals surface area contributed by atoms with E-state index in [-0.39, 0.29) is 0 Å². The lowest BCUT2D eigenvalue weighted by Gasteiger charge is -2.29. The summed E-state index contributed by atoms with van der Waals surface area (Å²) < 4.78 is 0. The van der Waals surface area contributed by atoms with Crippen molar-refractivity contribution in [2.75, 3.05) is 0 Å². The first-order valence-electron chi connectivity index (χ1n) is 11.3. The van der Waals surface area contributed by atoms with E-state index in [2.05, 4.69) is 50.2 Å². The van der Waals surface area contributed by atoms with Gasteiger partial charge in [0.05, 0.1) is 0 Å². The van der Waals surface area contributed by atoms with Crippen LogP contribution in [0.3, 0.4) is 0 Å². The van der Waals surface area contributed by atoms with E-state index < -0.39 is 0 Å². The molecule has 0 N–H and O–H groups in total. The molecule has 0 unspecified atom stereocenters. The first-order chi connectivity index (χ1) is 12.8. The van der Waals surface area contributed by atoms with Crippen LogP contribution in [-0.2, 0) is 6.42 Å². The lowest BCUT2D eigenvalue weighted by molar-refractivity contribution is 0.302. The van der Waals surface area contributed by atoms with Gasteiger partial charge >= 0.3 is 0 Å². The Morgan fingerprint density at radius 1 is 0.731 bits per heavy atom. The van der Waals surface area contributed by atoms with Crippen molar-refractivity contribution < 1.29 is 0 Å². The van der Waals surface area contributed by atoms with Crippen LogP contribution < -0.4 is 0 Å². The molecule has 0 radical (unpaired) electrons. The Labute approximate surface area is 161 Å². The Hall–Kier alpha value is -1.30. The SMILES string of the molecule is CCCCCCCCC1CCC(c2ccc3cc(CC)ccc3c2)CC1. The van der Waals surface area contributed by atoms with Crippen molar-refractivity contribution in [3.63, 3.8) is 0 Å². The molecule has 142 valence electrons. The second-order valence-electron chi connectivity index (χ2n) is 8.57. The molecule has 0 nitrogen and oxygen atoms in total. The second kappa shape index (κ2) is 10.1. The molecular weight excluding hydrogens is 312 g/mol. The summed E-state index contributed by atoms with van der Waals surface area (Å²) in [7, 11) is 0. The topological polar surface area (TPSA) is 0 Å². The van der Waals surface area contributed by atoms with Gasteiger partial charge in [0.1, 0.15) is 0 Å². The van der Waals surface area contributed by atoms with Crippen LogP contribution in [0.5, 0.6) is 0 Å². The summed E-state index contributed by atoms with van der Waals surface area (Å²) in [5.74, 6) is 1.80. The smallest absolute Gasteiger partial charge is 0.0162 e. The van der Waals surface area contributed by atoms with E-state index in [0.717, 1.165) is 18.3 Å². The molecule has 0 amide bonds. The molecule has 0 heteroatoms. The highest BCUT2D eigenvalue weighted by Gasteiger charge is 2.22. The quantitative estimate of drug-likeness (QED) is 0.398. The minimum Gasteiger partial charge on any atom is -0.0654 e. The van der Waals surface area contributed by atoms with Crippen LogP contribution in [0.1, 0.15) is 102 Å². The minimum absolute atomic E-state index is 0.797. The summed E-state index contributed by atoms with van der Waals surface area (Å²) in [6, 6.07) is 14.2. The summed E-state index contributed by atoms with van der Waals surface area (Å²) in [5, 5.41) is 2.83. The van der Waals surface area contributed by atoms with Crippen LogP contribution in [0.25, 0.3) is 10.8 Å². The van der Waals surface area contributed by atoms with E-state index in [1.165, 1.54) is 87.0 Å². The van der Waals surface area contributed by atoms with Gasteiger partial charge in [0.25, 0.3) is 0 Å². The molecule has 0 aliphatic heterocycles. The number of hydrogen-bond acceptors (Lipinski definition) is 0. The number of aryl methyl sites for hydroxylation is 1. The fourth-order valence-corrected chi connectivity index (χ4v) is 4.79. The number of hydrogen-bond donors (Lipinski definition) is 0. The fourth-order valence-electron chi connectivity index (χ4n) is 4.79. The largest absolute Gasteiger partial charge is 0.0654 e. The van der Waals surface area contributed by atoms with Crippen molar-refractivity contribution in [3.05, 3.63) is 47.5 Å². The second-order valence-corrected chi connectivity index (χ2v) is 8.57. The number of rotatable bonds is 9. The standard InChI is InChI=1S/C26H38/c1-3-5-6-7-8-9-10-22-12-14-23(15-13-22)25-18-17-24-19-21(4-2)11-16-26(24)20-25/h11,16-20,22-23H,3-10,12-15H2,1-2H3. The van der Waals surface area contributed by atoms with Gasteiger partial charge in [-0.25, -0.2) is 0 Å².